The third kappa shape index (κ3) is 4.92. The van der Waals surface area contributed by atoms with E-state index in [4.69, 9.17) is 0 Å². The molecule has 2 aromatic carbocycles. The molecular formula is C23H25N3O4. The predicted octanol–water partition coefficient (Wildman–Crippen LogP) is 2.81. The van der Waals surface area contributed by atoms with Crippen LogP contribution in [-0.4, -0.2) is 51.5 Å². The van der Waals surface area contributed by atoms with Gasteiger partial charge >= 0.3 is 17.8 Å². The first-order valence-corrected chi connectivity index (χ1v) is 10.0. The summed E-state index contributed by atoms with van der Waals surface area (Å²) in [7, 11) is 0. The highest BCUT2D eigenvalue weighted by Gasteiger charge is 2.45. The van der Waals surface area contributed by atoms with Gasteiger partial charge in [0.15, 0.2) is 0 Å². The highest BCUT2D eigenvalue weighted by Crippen LogP contribution is 2.16. The molecule has 0 N–H and O–H groups in total. The van der Waals surface area contributed by atoms with Crippen molar-refractivity contribution in [1.29, 1.82) is 0 Å². The van der Waals surface area contributed by atoms with Gasteiger partial charge in [0.25, 0.3) is 0 Å². The van der Waals surface area contributed by atoms with Crippen molar-refractivity contribution in [1.82, 2.24) is 14.7 Å². The Hall–Kier alpha value is -3.48. The van der Waals surface area contributed by atoms with Crippen LogP contribution < -0.4 is 0 Å². The van der Waals surface area contributed by atoms with Crippen LogP contribution in [0, 0.1) is 0 Å². The number of carbonyl (C=O) groups excluding carboxylic acids is 4. The fourth-order valence-corrected chi connectivity index (χ4v) is 3.28. The van der Waals surface area contributed by atoms with Gasteiger partial charge in [-0.25, -0.2) is 9.69 Å². The van der Waals surface area contributed by atoms with E-state index in [0.29, 0.717) is 19.5 Å². The maximum Gasteiger partial charge on any atom is 0.334 e. The maximum atomic E-state index is 13.1. The second-order valence-corrected chi connectivity index (χ2v) is 7.21. The number of nitrogens with zero attached hydrogens (tertiary/aromatic N) is 3. The second kappa shape index (κ2) is 9.82. The summed E-state index contributed by atoms with van der Waals surface area (Å²) in [5, 5.41) is 0. The number of imide groups is 2. The van der Waals surface area contributed by atoms with Crippen LogP contribution >= 0.6 is 0 Å². The van der Waals surface area contributed by atoms with Crippen molar-refractivity contribution in [2.75, 3.05) is 13.1 Å². The van der Waals surface area contributed by atoms with Crippen molar-refractivity contribution in [3.63, 3.8) is 0 Å². The van der Waals surface area contributed by atoms with E-state index >= 15 is 0 Å². The summed E-state index contributed by atoms with van der Waals surface area (Å²) < 4.78 is 0. The van der Waals surface area contributed by atoms with Crippen LogP contribution in [0.4, 0.5) is 4.79 Å². The van der Waals surface area contributed by atoms with Crippen LogP contribution in [0.25, 0.3) is 0 Å². The molecule has 2 aromatic rings. The lowest BCUT2D eigenvalue weighted by atomic mass is 10.1. The summed E-state index contributed by atoms with van der Waals surface area (Å²) in [6.45, 7) is 2.32. The van der Waals surface area contributed by atoms with Gasteiger partial charge < -0.3 is 4.90 Å². The van der Waals surface area contributed by atoms with E-state index in [-0.39, 0.29) is 6.54 Å². The Morgan fingerprint density at radius 2 is 1.30 bits per heavy atom. The monoisotopic (exact) mass is 407 g/mol. The Morgan fingerprint density at radius 1 is 0.800 bits per heavy atom. The average Bonchev–Trinajstić information content (AvgIpc) is 2.96. The van der Waals surface area contributed by atoms with Gasteiger partial charge in [-0.05, 0) is 17.5 Å². The number of urea groups is 1. The van der Waals surface area contributed by atoms with Crippen LogP contribution in [0.15, 0.2) is 60.7 Å². The van der Waals surface area contributed by atoms with Crippen molar-refractivity contribution >= 4 is 23.8 Å². The molecule has 0 aliphatic carbocycles. The van der Waals surface area contributed by atoms with E-state index in [2.05, 4.69) is 0 Å². The van der Waals surface area contributed by atoms with Crippen molar-refractivity contribution in [3.8, 4) is 0 Å². The largest absolute Gasteiger partial charge is 0.334 e. The second-order valence-electron chi connectivity index (χ2n) is 7.21. The van der Waals surface area contributed by atoms with Crippen molar-refractivity contribution < 1.29 is 19.2 Å². The standard InChI is InChI=1S/C23H25N3O4/c1-2-3-14-25-21(28)22(29)26(23(25)30)17-20(27)24(15-18-10-6-4-7-11-18)16-19-12-8-5-9-13-19/h4-13H,2-3,14-17H2,1H3. The lowest BCUT2D eigenvalue weighted by molar-refractivity contribution is -0.145. The van der Waals surface area contributed by atoms with Gasteiger partial charge in [-0.15, -0.1) is 0 Å². The summed E-state index contributed by atoms with van der Waals surface area (Å²) >= 11 is 0. The van der Waals surface area contributed by atoms with Crippen molar-refractivity contribution in [2.24, 2.45) is 0 Å². The van der Waals surface area contributed by atoms with Crippen LogP contribution in [0.3, 0.4) is 0 Å². The molecule has 0 saturated carbocycles. The van der Waals surface area contributed by atoms with Crippen LogP contribution in [0.5, 0.6) is 0 Å². The smallest absolute Gasteiger partial charge is 0.332 e. The Labute approximate surface area is 175 Å². The summed E-state index contributed by atoms with van der Waals surface area (Å²) in [5.74, 6) is -2.20. The first kappa shape index (κ1) is 21.2. The quantitative estimate of drug-likeness (QED) is 0.473. The van der Waals surface area contributed by atoms with Crippen LogP contribution in [-0.2, 0) is 27.5 Å². The highest BCUT2D eigenvalue weighted by molar-refractivity contribution is 6.45. The molecule has 1 aliphatic heterocycles. The molecule has 0 atom stereocenters. The van der Waals surface area contributed by atoms with Gasteiger partial charge in [-0.2, -0.15) is 0 Å². The number of amides is 5. The molecule has 5 amide bonds. The molecule has 0 aromatic heterocycles. The Kier molecular flexibility index (Phi) is 6.95. The molecule has 1 heterocycles. The zero-order valence-corrected chi connectivity index (χ0v) is 17.0. The summed E-state index contributed by atoms with van der Waals surface area (Å²) in [6.07, 6.45) is 1.40. The fraction of sp³-hybridized carbons (Fsp3) is 0.304. The number of rotatable bonds is 9. The van der Waals surface area contributed by atoms with Gasteiger partial charge in [0.05, 0.1) is 0 Å². The first-order chi connectivity index (χ1) is 14.5. The van der Waals surface area contributed by atoms with E-state index in [0.717, 1.165) is 27.3 Å². The maximum absolute atomic E-state index is 13.1. The Bertz CT molecular complexity index is 873. The summed E-state index contributed by atoms with van der Waals surface area (Å²) in [4.78, 5) is 53.4. The minimum atomic E-state index is -0.941. The zero-order chi connectivity index (χ0) is 21.5. The lowest BCUT2D eigenvalue weighted by Crippen LogP contribution is -2.43. The molecular weight excluding hydrogens is 382 g/mol. The number of carbonyl (C=O) groups is 4. The van der Waals surface area contributed by atoms with Gasteiger partial charge in [0, 0.05) is 19.6 Å². The Morgan fingerprint density at radius 3 is 1.80 bits per heavy atom. The highest BCUT2D eigenvalue weighted by atomic mass is 16.2. The molecule has 0 bridgehead atoms. The van der Waals surface area contributed by atoms with E-state index in [1.165, 1.54) is 0 Å². The number of hydrogen-bond acceptors (Lipinski definition) is 4. The van der Waals surface area contributed by atoms with Crippen LogP contribution in [0.1, 0.15) is 30.9 Å². The molecule has 1 aliphatic rings. The van der Waals surface area contributed by atoms with Gasteiger partial charge in [-0.1, -0.05) is 74.0 Å². The first-order valence-electron chi connectivity index (χ1n) is 10.0. The molecule has 30 heavy (non-hydrogen) atoms. The SMILES string of the molecule is CCCCN1C(=O)C(=O)N(CC(=O)N(Cc2ccccc2)Cc2ccccc2)C1=O. The predicted molar refractivity (Wildman–Crippen MR) is 111 cm³/mol. The molecule has 7 heteroatoms. The minimum Gasteiger partial charge on any atom is -0.332 e. The van der Waals surface area contributed by atoms with Crippen LogP contribution in [0.2, 0.25) is 0 Å². The summed E-state index contributed by atoms with van der Waals surface area (Å²) in [5.41, 5.74) is 1.86. The third-order valence-corrected chi connectivity index (χ3v) is 4.95. The molecule has 156 valence electrons. The summed E-state index contributed by atoms with van der Waals surface area (Å²) in [6, 6.07) is 18.3. The molecule has 1 saturated heterocycles. The average molecular weight is 407 g/mol. The van der Waals surface area contributed by atoms with E-state index in [9.17, 15) is 19.2 Å². The van der Waals surface area contributed by atoms with Gasteiger partial charge in [-0.3, -0.25) is 19.3 Å². The van der Waals surface area contributed by atoms with E-state index < -0.39 is 30.3 Å². The fourth-order valence-electron chi connectivity index (χ4n) is 3.28. The number of hydrogen-bond donors (Lipinski definition) is 0. The molecule has 0 unspecified atom stereocenters. The molecule has 1 fully saturated rings. The number of unbranched alkanes of at least 4 members (excludes halogenated alkanes) is 1. The number of benzene rings is 2. The van der Waals surface area contributed by atoms with E-state index in [1.54, 1.807) is 4.90 Å². The van der Waals surface area contributed by atoms with Crippen molar-refractivity contribution in [2.45, 2.75) is 32.9 Å². The van der Waals surface area contributed by atoms with Crippen molar-refractivity contribution in [3.05, 3.63) is 71.8 Å². The molecule has 7 nitrogen and oxygen atoms in total. The molecule has 0 radical (unpaired) electrons. The molecule has 0 spiro atoms. The van der Waals surface area contributed by atoms with E-state index in [1.807, 2.05) is 67.6 Å². The minimum absolute atomic E-state index is 0.183. The topological polar surface area (TPSA) is 78.0 Å². The third-order valence-electron chi connectivity index (χ3n) is 4.95. The molecule has 3 rings (SSSR count). The normalized spacial score (nSPS) is 13.8. The zero-order valence-electron chi connectivity index (χ0n) is 17.0. The lowest BCUT2D eigenvalue weighted by Gasteiger charge is -2.25. The van der Waals surface area contributed by atoms with Gasteiger partial charge in [0.1, 0.15) is 6.54 Å². The van der Waals surface area contributed by atoms with Gasteiger partial charge in [0.2, 0.25) is 5.91 Å². The Balaban J connectivity index is 1.76.